The van der Waals surface area contributed by atoms with Gasteiger partial charge in [-0.15, -0.1) is 0 Å². The van der Waals surface area contributed by atoms with E-state index >= 15 is 0 Å². The van der Waals surface area contributed by atoms with Crippen molar-refractivity contribution < 1.29 is 9.53 Å². The van der Waals surface area contributed by atoms with Gasteiger partial charge in [-0.05, 0) is 30.5 Å². The number of hydrogen-bond acceptors (Lipinski definition) is 3. The lowest BCUT2D eigenvalue weighted by Crippen LogP contribution is -2.50. The van der Waals surface area contributed by atoms with E-state index in [1.54, 1.807) is 12.1 Å². The highest BCUT2D eigenvalue weighted by Crippen LogP contribution is 2.35. The number of hydrazine groups is 1. The summed E-state index contributed by atoms with van der Waals surface area (Å²) in [6, 6.07) is 7.33. The third-order valence-corrected chi connectivity index (χ3v) is 3.56. The normalized spacial score (nSPS) is 18.7. The zero-order valence-electron chi connectivity index (χ0n) is 9.41. The smallest absolute Gasteiger partial charge is 0.244 e. The monoisotopic (exact) mass is 254 g/mol. The summed E-state index contributed by atoms with van der Waals surface area (Å²) in [5.41, 5.74) is 2.61. The fourth-order valence-corrected chi connectivity index (χ4v) is 2.40. The topological polar surface area (TPSA) is 64.3 Å². The molecule has 0 radical (unpaired) electrons. The predicted octanol–water partition coefficient (Wildman–Crippen LogP) is 1.38. The van der Waals surface area contributed by atoms with Crippen molar-refractivity contribution in [1.29, 1.82) is 0 Å². The molecule has 1 aliphatic rings. The molecular formula is C12H15ClN2O2. The number of amides is 1. The molecule has 1 aromatic carbocycles. The quantitative estimate of drug-likeness (QED) is 0.476. The Labute approximate surface area is 105 Å². The number of nitrogens with one attached hydrogen (secondary N) is 1. The van der Waals surface area contributed by atoms with E-state index < -0.39 is 5.41 Å². The fraction of sp³-hybridized carbons (Fsp3) is 0.417. The molecule has 1 fully saturated rings. The number of hydrogen-bond donors (Lipinski definition) is 2. The van der Waals surface area contributed by atoms with Gasteiger partial charge >= 0.3 is 0 Å². The van der Waals surface area contributed by atoms with E-state index in [1.165, 1.54) is 0 Å². The first-order valence-corrected chi connectivity index (χ1v) is 5.92. The Morgan fingerprint density at radius 3 is 2.41 bits per heavy atom. The second-order valence-corrected chi connectivity index (χ2v) is 4.61. The molecule has 5 heteroatoms. The first-order chi connectivity index (χ1) is 8.19. The minimum atomic E-state index is -0.586. The maximum absolute atomic E-state index is 12.0. The number of rotatable bonds is 2. The fourth-order valence-electron chi connectivity index (χ4n) is 2.27. The first kappa shape index (κ1) is 12.4. The molecule has 1 heterocycles. The molecule has 0 saturated carbocycles. The van der Waals surface area contributed by atoms with Crippen LogP contribution < -0.4 is 11.3 Å². The zero-order chi connectivity index (χ0) is 12.3. The van der Waals surface area contributed by atoms with Crippen molar-refractivity contribution in [3.63, 3.8) is 0 Å². The molecule has 2 rings (SSSR count). The molecule has 0 bridgehead atoms. The summed E-state index contributed by atoms with van der Waals surface area (Å²) in [5.74, 6) is 5.13. The van der Waals surface area contributed by atoms with Crippen molar-refractivity contribution in [3.8, 4) is 0 Å². The highest BCUT2D eigenvalue weighted by Gasteiger charge is 2.41. The third-order valence-electron chi connectivity index (χ3n) is 3.31. The first-order valence-electron chi connectivity index (χ1n) is 5.54. The molecule has 4 nitrogen and oxygen atoms in total. The van der Waals surface area contributed by atoms with Crippen molar-refractivity contribution in [2.75, 3.05) is 13.2 Å². The minimum absolute atomic E-state index is 0.164. The van der Waals surface area contributed by atoms with Crippen molar-refractivity contribution in [2.24, 2.45) is 5.84 Å². The molecule has 92 valence electrons. The molecule has 17 heavy (non-hydrogen) atoms. The lowest BCUT2D eigenvalue weighted by atomic mass is 9.73. The Morgan fingerprint density at radius 1 is 1.29 bits per heavy atom. The number of benzene rings is 1. The number of ether oxygens (including phenoxy) is 1. The highest BCUT2D eigenvalue weighted by molar-refractivity contribution is 6.30. The highest BCUT2D eigenvalue weighted by atomic mass is 35.5. The van der Waals surface area contributed by atoms with Crippen LogP contribution in [0.15, 0.2) is 24.3 Å². The van der Waals surface area contributed by atoms with Crippen molar-refractivity contribution in [1.82, 2.24) is 5.43 Å². The Hall–Kier alpha value is -1.10. The molecule has 0 unspecified atom stereocenters. The maximum Gasteiger partial charge on any atom is 0.244 e. The van der Waals surface area contributed by atoms with Gasteiger partial charge in [-0.25, -0.2) is 5.84 Å². The van der Waals surface area contributed by atoms with Gasteiger partial charge in [-0.3, -0.25) is 10.2 Å². The molecule has 1 aromatic rings. The van der Waals surface area contributed by atoms with E-state index in [9.17, 15) is 4.79 Å². The Balaban J connectivity index is 2.38. The largest absolute Gasteiger partial charge is 0.381 e. The lowest BCUT2D eigenvalue weighted by molar-refractivity contribution is -0.130. The standard InChI is InChI=1S/C12H15ClN2O2/c13-10-3-1-9(2-4-10)12(11(16)15-14)5-7-17-8-6-12/h1-4H,5-8,14H2,(H,15,16). The summed E-state index contributed by atoms with van der Waals surface area (Å²) in [4.78, 5) is 12.0. The Kier molecular flexibility index (Phi) is 3.66. The summed E-state index contributed by atoms with van der Waals surface area (Å²) in [6.45, 7) is 1.13. The number of carbonyl (C=O) groups is 1. The molecule has 0 aromatic heterocycles. The third kappa shape index (κ3) is 2.29. The molecule has 1 amide bonds. The lowest BCUT2D eigenvalue weighted by Gasteiger charge is -2.35. The van der Waals surface area contributed by atoms with E-state index in [0.717, 1.165) is 5.56 Å². The zero-order valence-corrected chi connectivity index (χ0v) is 10.2. The molecule has 0 aliphatic carbocycles. The van der Waals surface area contributed by atoms with Crippen LogP contribution in [0.3, 0.4) is 0 Å². The summed E-state index contributed by atoms with van der Waals surface area (Å²) >= 11 is 5.86. The molecule has 1 saturated heterocycles. The van der Waals surface area contributed by atoms with Crippen molar-refractivity contribution in [2.45, 2.75) is 18.3 Å². The van der Waals surface area contributed by atoms with Gasteiger partial charge in [0, 0.05) is 18.2 Å². The van der Waals surface area contributed by atoms with Gasteiger partial charge in [0.25, 0.3) is 0 Å². The number of halogens is 1. The van der Waals surface area contributed by atoms with Crippen LogP contribution in [-0.2, 0) is 14.9 Å². The maximum atomic E-state index is 12.0. The van der Waals surface area contributed by atoms with Crippen LogP contribution in [0.5, 0.6) is 0 Å². The Bertz CT molecular complexity index is 399. The van der Waals surface area contributed by atoms with E-state index in [1.807, 2.05) is 12.1 Å². The van der Waals surface area contributed by atoms with Gasteiger partial charge in [0.1, 0.15) is 0 Å². The average molecular weight is 255 g/mol. The number of carbonyl (C=O) groups excluding carboxylic acids is 1. The van der Waals surface area contributed by atoms with Crippen LogP contribution in [-0.4, -0.2) is 19.1 Å². The second kappa shape index (κ2) is 5.04. The van der Waals surface area contributed by atoms with Crippen molar-refractivity contribution >= 4 is 17.5 Å². The van der Waals surface area contributed by atoms with E-state index in [0.29, 0.717) is 31.1 Å². The van der Waals surface area contributed by atoms with Crippen LogP contribution >= 0.6 is 11.6 Å². The van der Waals surface area contributed by atoms with Crippen LogP contribution in [0.2, 0.25) is 5.02 Å². The molecule has 3 N–H and O–H groups in total. The summed E-state index contributed by atoms with van der Waals surface area (Å²) in [7, 11) is 0. The molecule has 0 spiro atoms. The van der Waals surface area contributed by atoms with E-state index in [-0.39, 0.29) is 5.91 Å². The van der Waals surface area contributed by atoms with Gasteiger partial charge in [-0.2, -0.15) is 0 Å². The van der Waals surface area contributed by atoms with Gasteiger partial charge in [0.05, 0.1) is 5.41 Å². The summed E-state index contributed by atoms with van der Waals surface area (Å²) in [5, 5.41) is 0.657. The van der Waals surface area contributed by atoms with Crippen LogP contribution in [0, 0.1) is 0 Å². The van der Waals surface area contributed by atoms with Crippen LogP contribution in [0.4, 0.5) is 0 Å². The minimum Gasteiger partial charge on any atom is -0.381 e. The van der Waals surface area contributed by atoms with Crippen LogP contribution in [0.25, 0.3) is 0 Å². The second-order valence-electron chi connectivity index (χ2n) is 4.17. The van der Waals surface area contributed by atoms with Gasteiger partial charge in [0.2, 0.25) is 5.91 Å². The average Bonchev–Trinajstić information content (AvgIpc) is 2.39. The predicted molar refractivity (Wildman–Crippen MR) is 65.5 cm³/mol. The Morgan fingerprint density at radius 2 is 1.88 bits per heavy atom. The number of nitrogens with two attached hydrogens (primary N) is 1. The van der Waals surface area contributed by atoms with Crippen molar-refractivity contribution in [3.05, 3.63) is 34.9 Å². The molecular weight excluding hydrogens is 240 g/mol. The molecule has 1 aliphatic heterocycles. The SMILES string of the molecule is NNC(=O)C1(c2ccc(Cl)cc2)CCOCC1. The molecule has 0 atom stereocenters. The summed E-state index contributed by atoms with van der Waals surface area (Å²) in [6.07, 6.45) is 1.27. The van der Waals surface area contributed by atoms with E-state index in [4.69, 9.17) is 22.2 Å². The van der Waals surface area contributed by atoms with Gasteiger partial charge in [-0.1, -0.05) is 23.7 Å². The van der Waals surface area contributed by atoms with E-state index in [2.05, 4.69) is 5.43 Å². The summed E-state index contributed by atoms with van der Waals surface area (Å²) < 4.78 is 5.32. The van der Waals surface area contributed by atoms with Crippen LogP contribution in [0.1, 0.15) is 18.4 Å². The van der Waals surface area contributed by atoms with Gasteiger partial charge < -0.3 is 4.74 Å². The van der Waals surface area contributed by atoms with Gasteiger partial charge in [0.15, 0.2) is 0 Å².